The first-order valence-electron chi connectivity index (χ1n) is 8.04. The first kappa shape index (κ1) is 15.0. The number of thiophene rings is 1. The van der Waals surface area contributed by atoms with Gasteiger partial charge in [0.2, 0.25) is 0 Å². The molecule has 0 radical (unpaired) electrons. The second kappa shape index (κ2) is 6.13. The van der Waals surface area contributed by atoms with E-state index in [1.165, 1.54) is 30.6 Å². The Labute approximate surface area is 144 Å². The Morgan fingerprint density at radius 2 is 1.87 bits per heavy atom. The molecule has 4 rings (SSSR count). The Morgan fingerprint density at radius 1 is 1.13 bits per heavy atom. The first-order chi connectivity index (χ1) is 11.3. The highest BCUT2D eigenvalue weighted by atomic mass is 32.1. The van der Waals surface area contributed by atoms with E-state index >= 15 is 0 Å². The van der Waals surface area contributed by atoms with Crippen molar-refractivity contribution in [2.45, 2.75) is 43.3 Å². The van der Waals surface area contributed by atoms with Gasteiger partial charge in [-0.3, -0.25) is 9.36 Å². The number of nitrogens with zero attached hydrogens (tertiary/aromatic N) is 2. The summed E-state index contributed by atoms with van der Waals surface area (Å²) in [6, 6.07) is 10.3. The Morgan fingerprint density at radius 3 is 2.61 bits per heavy atom. The van der Waals surface area contributed by atoms with E-state index in [1.54, 1.807) is 0 Å². The smallest absolute Gasteiger partial charge is 0.263 e. The quantitative estimate of drug-likeness (QED) is 0.530. The monoisotopic (exact) mass is 342 g/mol. The molecule has 1 aromatic carbocycles. The van der Waals surface area contributed by atoms with Crippen molar-refractivity contribution < 1.29 is 0 Å². The molecule has 23 heavy (non-hydrogen) atoms. The first-order valence-corrected chi connectivity index (χ1v) is 9.36. The fourth-order valence-electron chi connectivity index (χ4n) is 3.49. The lowest BCUT2D eigenvalue weighted by atomic mass is 9.95. The van der Waals surface area contributed by atoms with Gasteiger partial charge >= 0.3 is 0 Å². The summed E-state index contributed by atoms with van der Waals surface area (Å²) in [6.07, 6.45) is 5.71. The van der Waals surface area contributed by atoms with Crippen LogP contribution in [0.3, 0.4) is 0 Å². The van der Waals surface area contributed by atoms with Gasteiger partial charge in [0.05, 0.1) is 5.39 Å². The van der Waals surface area contributed by atoms with Crippen LogP contribution in [-0.2, 0) is 0 Å². The Balaban J connectivity index is 1.94. The van der Waals surface area contributed by atoms with Crippen molar-refractivity contribution in [2.75, 3.05) is 0 Å². The maximum atomic E-state index is 13.2. The maximum absolute atomic E-state index is 13.2. The summed E-state index contributed by atoms with van der Waals surface area (Å²) >= 11 is 6.03. The van der Waals surface area contributed by atoms with Gasteiger partial charge in [-0.05, 0) is 18.4 Å². The van der Waals surface area contributed by atoms with Crippen molar-refractivity contribution in [3.8, 4) is 11.1 Å². The number of rotatable bonds is 2. The van der Waals surface area contributed by atoms with Crippen LogP contribution in [0.25, 0.3) is 21.3 Å². The summed E-state index contributed by atoms with van der Waals surface area (Å²) in [5.74, 6) is 0. The molecule has 1 aliphatic rings. The van der Waals surface area contributed by atoms with Gasteiger partial charge in [-0.25, -0.2) is 4.98 Å². The number of fused-ring (bicyclic) bond motifs is 1. The van der Waals surface area contributed by atoms with E-state index in [4.69, 9.17) is 0 Å². The zero-order chi connectivity index (χ0) is 15.8. The van der Waals surface area contributed by atoms with E-state index in [0.717, 1.165) is 34.2 Å². The lowest BCUT2D eigenvalue weighted by molar-refractivity contribution is 0.326. The molecule has 0 amide bonds. The predicted octanol–water partition coefficient (Wildman–Crippen LogP) is 4.92. The van der Waals surface area contributed by atoms with Gasteiger partial charge in [0.1, 0.15) is 4.83 Å². The lowest BCUT2D eigenvalue weighted by Gasteiger charge is -2.25. The molecular weight excluding hydrogens is 324 g/mol. The highest BCUT2D eigenvalue weighted by molar-refractivity contribution is 7.80. The van der Waals surface area contributed by atoms with Crippen LogP contribution in [0.2, 0.25) is 0 Å². The summed E-state index contributed by atoms with van der Waals surface area (Å²) in [5.41, 5.74) is 2.12. The van der Waals surface area contributed by atoms with E-state index in [0.29, 0.717) is 5.16 Å². The second-order valence-electron chi connectivity index (χ2n) is 6.07. The van der Waals surface area contributed by atoms with E-state index in [2.05, 4.69) is 17.6 Å². The third-order valence-corrected chi connectivity index (χ3v) is 5.83. The molecule has 1 fully saturated rings. The maximum Gasteiger partial charge on any atom is 0.263 e. The average molecular weight is 342 g/mol. The highest BCUT2D eigenvalue weighted by Crippen LogP contribution is 2.34. The summed E-state index contributed by atoms with van der Waals surface area (Å²) in [4.78, 5) is 18.6. The second-order valence-corrected chi connectivity index (χ2v) is 7.33. The minimum atomic E-state index is 0.0620. The molecule has 1 saturated carbocycles. The zero-order valence-corrected chi connectivity index (χ0v) is 14.4. The molecule has 0 aliphatic heterocycles. The molecule has 5 heteroatoms. The minimum Gasteiger partial charge on any atom is -0.284 e. The number of thiol groups is 1. The van der Waals surface area contributed by atoms with Crippen LogP contribution < -0.4 is 5.56 Å². The highest BCUT2D eigenvalue weighted by Gasteiger charge is 2.22. The average Bonchev–Trinajstić information content (AvgIpc) is 3.00. The molecule has 1 aliphatic carbocycles. The molecule has 0 saturated heterocycles. The Hall–Kier alpha value is -1.59. The number of aromatic nitrogens is 2. The summed E-state index contributed by atoms with van der Waals surface area (Å²) in [6.45, 7) is 0. The fourth-order valence-corrected chi connectivity index (χ4v) is 4.85. The Kier molecular flexibility index (Phi) is 3.99. The van der Waals surface area contributed by atoms with Crippen molar-refractivity contribution in [1.29, 1.82) is 0 Å². The van der Waals surface area contributed by atoms with Gasteiger partial charge in [-0.1, -0.05) is 49.6 Å². The molecule has 0 unspecified atom stereocenters. The van der Waals surface area contributed by atoms with Crippen molar-refractivity contribution >= 4 is 34.2 Å². The van der Waals surface area contributed by atoms with Crippen molar-refractivity contribution in [3.05, 3.63) is 46.1 Å². The van der Waals surface area contributed by atoms with Gasteiger partial charge in [0.15, 0.2) is 5.16 Å². The van der Waals surface area contributed by atoms with Gasteiger partial charge in [-0.2, -0.15) is 0 Å². The summed E-state index contributed by atoms with van der Waals surface area (Å²) < 4.78 is 1.82. The van der Waals surface area contributed by atoms with Crippen molar-refractivity contribution in [2.24, 2.45) is 0 Å². The van der Waals surface area contributed by atoms with Crippen LogP contribution in [0.4, 0.5) is 0 Å². The number of benzene rings is 1. The number of hydrogen-bond acceptors (Lipinski definition) is 4. The molecule has 0 bridgehead atoms. The van der Waals surface area contributed by atoms with Crippen LogP contribution in [0, 0.1) is 0 Å². The molecule has 3 aromatic rings. The summed E-state index contributed by atoms with van der Waals surface area (Å²) in [5, 5.41) is 3.33. The molecule has 0 atom stereocenters. The SMILES string of the molecule is O=c1c2c(-c3ccccc3)csc2nc(S)n1C1CCCCC1. The topological polar surface area (TPSA) is 34.9 Å². The third kappa shape index (κ3) is 2.62. The van der Waals surface area contributed by atoms with Crippen LogP contribution in [-0.4, -0.2) is 9.55 Å². The molecule has 0 N–H and O–H groups in total. The van der Waals surface area contributed by atoms with Crippen LogP contribution in [0.15, 0.2) is 45.7 Å². The largest absolute Gasteiger partial charge is 0.284 e. The Bertz CT molecular complexity index is 893. The van der Waals surface area contributed by atoms with Gasteiger partial charge in [0.25, 0.3) is 5.56 Å². The molecule has 3 nitrogen and oxygen atoms in total. The van der Waals surface area contributed by atoms with Gasteiger partial charge in [-0.15, -0.1) is 24.0 Å². The predicted molar refractivity (Wildman–Crippen MR) is 98.7 cm³/mol. The van der Waals surface area contributed by atoms with E-state index < -0.39 is 0 Å². The lowest BCUT2D eigenvalue weighted by Crippen LogP contribution is -2.28. The molecule has 118 valence electrons. The molecule has 0 spiro atoms. The van der Waals surface area contributed by atoms with Crippen molar-refractivity contribution in [3.63, 3.8) is 0 Å². The third-order valence-electron chi connectivity index (χ3n) is 4.65. The van der Waals surface area contributed by atoms with E-state index in [1.807, 2.05) is 40.3 Å². The fraction of sp³-hybridized carbons (Fsp3) is 0.333. The molecular formula is C18H18N2OS2. The number of hydrogen-bond donors (Lipinski definition) is 1. The molecule has 2 heterocycles. The van der Waals surface area contributed by atoms with Gasteiger partial charge < -0.3 is 0 Å². The minimum absolute atomic E-state index is 0.0620. The van der Waals surface area contributed by atoms with Crippen LogP contribution in [0.5, 0.6) is 0 Å². The van der Waals surface area contributed by atoms with Crippen LogP contribution >= 0.6 is 24.0 Å². The normalized spacial score (nSPS) is 16.0. The van der Waals surface area contributed by atoms with Crippen LogP contribution in [0.1, 0.15) is 38.1 Å². The molecule has 2 aromatic heterocycles. The van der Waals surface area contributed by atoms with Gasteiger partial charge in [0, 0.05) is 17.0 Å². The zero-order valence-electron chi connectivity index (χ0n) is 12.7. The van der Waals surface area contributed by atoms with Crippen molar-refractivity contribution in [1.82, 2.24) is 9.55 Å². The standard InChI is InChI=1S/C18H18N2OS2/c21-17-15-14(12-7-3-1-4-8-12)11-23-16(15)19-18(22)20(17)13-9-5-2-6-10-13/h1,3-4,7-8,11,13H,2,5-6,9-10H2,(H,19,22). The van der Waals surface area contributed by atoms with E-state index in [9.17, 15) is 4.79 Å². The van der Waals surface area contributed by atoms with E-state index in [-0.39, 0.29) is 11.6 Å². The summed E-state index contributed by atoms with van der Waals surface area (Å²) in [7, 11) is 0.